The van der Waals surface area contributed by atoms with Crippen molar-refractivity contribution in [3.8, 4) is 5.75 Å². The number of anilines is 1. The highest BCUT2D eigenvalue weighted by Gasteiger charge is 2.20. The molecule has 0 aliphatic rings. The molecule has 1 heterocycles. The Labute approximate surface area is 201 Å². The highest BCUT2D eigenvalue weighted by molar-refractivity contribution is 14.1. The lowest BCUT2D eigenvalue weighted by atomic mass is 10.0. The fraction of sp³-hybridized carbons (Fsp3) is 0.348. The molecule has 0 fully saturated rings. The van der Waals surface area contributed by atoms with Crippen molar-refractivity contribution in [3.05, 3.63) is 63.5 Å². The van der Waals surface area contributed by atoms with Crippen LogP contribution >= 0.6 is 34.4 Å². The highest BCUT2D eigenvalue weighted by atomic mass is 127. The summed E-state index contributed by atoms with van der Waals surface area (Å²) in [5.74, 6) is 2.06. The van der Waals surface area contributed by atoms with Crippen LogP contribution in [0, 0.1) is 3.57 Å². The van der Waals surface area contributed by atoms with Gasteiger partial charge in [0.1, 0.15) is 5.75 Å². The Balaban J connectivity index is 1.65. The molecule has 6 nitrogen and oxygen atoms in total. The Kier molecular flexibility index (Phi) is 8.36. The molecule has 3 rings (SSSR count). The quantitative estimate of drug-likeness (QED) is 0.266. The number of rotatable bonds is 9. The van der Waals surface area contributed by atoms with Crippen LogP contribution in [0.2, 0.25) is 0 Å². The third kappa shape index (κ3) is 6.22. The number of nitrogens with zero attached hydrogens (tertiary/aromatic N) is 3. The van der Waals surface area contributed by atoms with E-state index in [1.165, 1.54) is 11.8 Å². The van der Waals surface area contributed by atoms with Crippen LogP contribution in [0.25, 0.3) is 0 Å². The van der Waals surface area contributed by atoms with Crippen molar-refractivity contribution in [2.45, 2.75) is 51.4 Å². The smallest absolute Gasteiger partial charge is 0.234 e. The van der Waals surface area contributed by atoms with Gasteiger partial charge in [-0.1, -0.05) is 43.8 Å². The number of nitrogens with one attached hydrogen (secondary N) is 1. The minimum atomic E-state index is -0.251. The third-order valence-corrected chi connectivity index (χ3v) is 6.36. The number of thioether (sulfide) groups is 1. The molecule has 0 bridgehead atoms. The Bertz CT molecular complexity index is 1020. The van der Waals surface area contributed by atoms with Gasteiger partial charge in [0.25, 0.3) is 0 Å². The van der Waals surface area contributed by atoms with Crippen molar-refractivity contribution in [1.29, 1.82) is 0 Å². The standard InChI is InChI=1S/C23H27IN4O2S/c1-5-28-22(16(4)30-18-9-7-6-8-10-18)26-27-23(28)31-14-21(29)25-20-12-11-17(24)13-19(20)15(2)3/h6-13,15-16H,5,14H2,1-4H3,(H,25,29)/t16-/m0/s1. The summed E-state index contributed by atoms with van der Waals surface area (Å²) in [4.78, 5) is 12.6. The zero-order valence-electron chi connectivity index (χ0n) is 18.1. The van der Waals surface area contributed by atoms with E-state index in [-0.39, 0.29) is 17.8 Å². The number of hydrogen-bond donors (Lipinski definition) is 1. The lowest BCUT2D eigenvalue weighted by molar-refractivity contribution is -0.113. The zero-order chi connectivity index (χ0) is 22.4. The number of ether oxygens (including phenoxy) is 1. The summed E-state index contributed by atoms with van der Waals surface area (Å²) in [6.45, 7) is 8.93. The van der Waals surface area contributed by atoms with Crippen molar-refractivity contribution in [3.63, 3.8) is 0 Å². The number of aromatic nitrogens is 3. The molecule has 0 spiro atoms. The highest BCUT2D eigenvalue weighted by Crippen LogP contribution is 2.27. The number of benzene rings is 2. The molecule has 8 heteroatoms. The van der Waals surface area contributed by atoms with E-state index in [1.807, 2.05) is 60.9 Å². The van der Waals surface area contributed by atoms with Gasteiger partial charge in [0.15, 0.2) is 17.1 Å². The maximum absolute atomic E-state index is 12.6. The van der Waals surface area contributed by atoms with Gasteiger partial charge >= 0.3 is 0 Å². The Morgan fingerprint density at radius 2 is 1.90 bits per heavy atom. The number of para-hydroxylation sites is 1. The molecule has 1 atom stereocenters. The summed E-state index contributed by atoms with van der Waals surface area (Å²) >= 11 is 3.67. The molecule has 1 amide bonds. The second-order valence-corrected chi connectivity index (χ2v) is 9.57. The van der Waals surface area contributed by atoms with Gasteiger partial charge < -0.3 is 14.6 Å². The van der Waals surface area contributed by atoms with Crippen molar-refractivity contribution in [2.75, 3.05) is 11.1 Å². The summed E-state index contributed by atoms with van der Waals surface area (Å²) in [6, 6.07) is 15.7. The van der Waals surface area contributed by atoms with Crippen LogP contribution < -0.4 is 10.1 Å². The monoisotopic (exact) mass is 550 g/mol. The van der Waals surface area contributed by atoms with Crippen molar-refractivity contribution < 1.29 is 9.53 Å². The van der Waals surface area contributed by atoms with Gasteiger partial charge in [-0.3, -0.25) is 4.79 Å². The van der Waals surface area contributed by atoms with Crippen molar-refractivity contribution >= 4 is 45.9 Å². The molecular formula is C23H27IN4O2S. The predicted molar refractivity (Wildman–Crippen MR) is 134 cm³/mol. The number of amides is 1. The first kappa shape index (κ1) is 23.6. The van der Waals surface area contributed by atoms with E-state index in [4.69, 9.17) is 4.74 Å². The van der Waals surface area contributed by atoms with E-state index in [0.29, 0.717) is 17.6 Å². The molecule has 164 valence electrons. The Hall–Kier alpha value is -2.07. The van der Waals surface area contributed by atoms with Gasteiger partial charge in [0.2, 0.25) is 5.91 Å². The molecular weight excluding hydrogens is 523 g/mol. The average molecular weight is 550 g/mol. The maximum atomic E-state index is 12.6. The van der Waals surface area contributed by atoms with E-state index in [9.17, 15) is 4.79 Å². The molecule has 1 aromatic heterocycles. The minimum absolute atomic E-state index is 0.0612. The van der Waals surface area contributed by atoms with Crippen LogP contribution in [0.4, 0.5) is 5.69 Å². The molecule has 0 aliphatic carbocycles. The largest absolute Gasteiger partial charge is 0.483 e. The lowest BCUT2D eigenvalue weighted by Gasteiger charge is -2.16. The summed E-state index contributed by atoms with van der Waals surface area (Å²) < 4.78 is 9.15. The first-order valence-electron chi connectivity index (χ1n) is 10.3. The molecule has 0 saturated carbocycles. The molecule has 0 radical (unpaired) electrons. The van der Waals surface area contributed by atoms with Gasteiger partial charge in [-0.15, -0.1) is 10.2 Å². The van der Waals surface area contributed by atoms with Crippen LogP contribution in [0.1, 0.15) is 51.1 Å². The van der Waals surface area contributed by atoms with Gasteiger partial charge in [-0.05, 0) is 78.3 Å². The molecule has 2 aromatic carbocycles. The number of hydrogen-bond acceptors (Lipinski definition) is 5. The van der Waals surface area contributed by atoms with Gasteiger partial charge in [-0.2, -0.15) is 0 Å². The Morgan fingerprint density at radius 1 is 1.16 bits per heavy atom. The lowest BCUT2D eigenvalue weighted by Crippen LogP contribution is -2.16. The molecule has 1 N–H and O–H groups in total. The molecule has 0 saturated heterocycles. The minimum Gasteiger partial charge on any atom is -0.483 e. The van der Waals surface area contributed by atoms with Crippen LogP contribution in [-0.2, 0) is 11.3 Å². The average Bonchev–Trinajstić information content (AvgIpc) is 3.17. The summed E-state index contributed by atoms with van der Waals surface area (Å²) in [6.07, 6.45) is -0.251. The second-order valence-electron chi connectivity index (χ2n) is 7.38. The SMILES string of the molecule is CCn1c(SCC(=O)Nc2ccc(I)cc2C(C)C)nnc1[C@H](C)Oc1ccccc1. The van der Waals surface area contributed by atoms with Crippen LogP contribution in [0.5, 0.6) is 5.75 Å². The molecule has 3 aromatic rings. The van der Waals surface area contributed by atoms with Crippen molar-refractivity contribution in [2.24, 2.45) is 0 Å². The van der Waals surface area contributed by atoms with E-state index >= 15 is 0 Å². The summed E-state index contributed by atoms with van der Waals surface area (Å²) in [5.41, 5.74) is 2.00. The Morgan fingerprint density at radius 3 is 2.58 bits per heavy atom. The topological polar surface area (TPSA) is 69.0 Å². The predicted octanol–water partition coefficient (Wildman–Crippen LogP) is 5.90. The zero-order valence-corrected chi connectivity index (χ0v) is 21.1. The van der Waals surface area contributed by atoms with E-state index in [0.717, 1.165) is 26.4 Å². The molecule has 0 unspecified atom stereocenters. The number of halogens is 1. The summed E-state index contributed by atoms with van der Waals surface area (Å²) in [7, 11) is 0. The molecule has 31 heavy (non-hydrogen) atoms. The second kappa shape index (κ2) is 11.0. The first-order valence-corrected chi connectivity index (χ1v) is 12.3. The summed E-state index contributed by atoms with van der Waals surface area (Å²) in [5, 5.41) is 12.4. The van der Waals surface area contributed by atoms with Gasteiger partial charge in [0, 0.05) is 15.8 Å². The maximum Gasteiger partial charge on any atom is 0.234 e. The van der Waals surface area contributed by atoms with E-state index in [1.54, 1.807) is 0 Å². The number of carbonyl (C=O) groups is 1. The van der Waals surface area contributed by atoms with Gasteiger partial charge in [-0.25, -0.2) is 0 Å². The van der Waals surface area contributed by atoms with Gasteiger partial charge in [0.05, 0.1) is 5.75 Å². The van der Waals surface area contributed by atoms with E-state index in [2.05, 4.69) is 58.0 Å². The normalized spacial score (nSPS) is 12.1. The van der Waals surface area contributed by atoms with Crippen LogP contribution in [-0.4, -0.2) is 26.4 Å². The fourth-order valence-corrected chi connectivity index (χ4v) is 4.53. The first-order chi connectivity index (χ1) is 14.9. The van der Waals surface area contributed by atoms with Crippen LogP contribution in [0.3, 0.4) is 0 Å². The fourth-order valence-electron chi connectivity index (χ4n) is 3.20. The van der Waals surface area contributed by atoms with Crippen molar-refractivity contribution in [1.82, 2.24) is 14.8 Å². The van der Waals surface area contributed by atoms with Crippen LogP contribution in [0.15, 0.2) is 53.7 Å². The molecule has 0 aliphatic heterocycles. The number of carbonyl (C=O) groups excluding carboxylic acids is 1. The van der Waals surface area contributed by atoms with E-state index < -0.39 is 0 Å². The third-order valence-electron chi connectivity index (χ3n) is 4.72.